The number of rotatable bonds is 2. The van der Waals surface area contributed by atoms with Crippen molar-refractivity contribution in [1.82, 2.24) is 0 Å². The predicted molar refractivity (Wildman–Crippen MR) is 142 cm³/mol. The molecule has 4 rings (SSSR count). The molecule has 0 aromatic heterocycles. The number of phenols is 2. The molecule has 0 radical (unpaired) electrons. The van der Waals surface area contributed by atoms with Crippen molar-refractivity contribution in [3.05, 3.63) is 111 Å². The molecule has 4 aromatic carbocycles. The molecule has 0 saturated carbocycles. The van der Waals surface area contributed by atoms with Crippen LogP contribution in [0.25, 0.3) is 11.1 Å². The summed E-state index contributed by atoms with van der Waals surface area (Å²) in [4.78, 5) is 0. The molecule has 4 nitrogen and oxygen atoms in total. The second-order valence-electron chi connectivity index (χ2n) is 8.19. The summed E-state index contributed by atoms with van der Waals surface area (Å²) in [5, 5.41) is 35.2. The van der Waals surface area contributed by atoms with Gasteiger partial charge in [0.1, 0.15) is 0 Å². The smallest absolute Gasteiger partial charge is 0.491 e. The van der Waals surface area contributed by atoms with Gasteiger partial charge in [0.25, 0.3) is 0 Å². The highest BCUT2D eigenvalue weighted by molar-refractivity contribution is 9.10. The number of halogens is 13. The Balaban J connectivity index is 0.000000353. The van der Waals surface area contributed by atoms with Crippen molar-refractivity contribution in [2.24, 2.45) is 0 Å². The molecule has 0 spiro atoms. The third-order valence-corrected chi connectivity index (χ3v) is 5.94. The molecule has 0 unspecified atom stereocenters. The van der Waals surface area contributed by atoms with Crippen molar-refractivity contribution in [3.8, 4) is 22.6 Å². The standard InChI is InChI=1S/C13H6F6O.C7H3BrF4O.C6H5BF2O2.CH4/c14-9-3-1-2-6(10(9)15)7-4-5-8(13(17,18)19)11(16)12(7)20;8-4-2-1-3(7(10,11)12)5(9)6(4)13;8-5-3-1-2-4(6(5)9)7(10)11;/h1-5,20H;1-2,13H;1-3,10-11H;1H4. The summed E-state index contributed by atoms with van der Waals surface area (Å²) in [6.45, 7) is 0. The fraction of sp³-hybridized carbons (Fsp3) is 0.111. The van der Waals surface area contributed by atoms with E-state index in [-0.39, 0.29) is 11.9 Å². The fourth-order valence-electron chi connectivity index (χ4n) is 3.19. The number of hydrogen-bond donors (Lipinski definition) is 4. The molecule has 244 valence electrons. The minimum Gasteiger partial charge on any atom is -0.504 e. The molecule has 0 aliphatic heterocycles. The zero-order valence-electron chi connectivity index (χ0n) is 21.1. The monoisotopic (exact) mass is 724 g/mol. The second kappa shape index (κ2) is 15.4. The fourth-order valence-corrected chi connectivity index (χ4v) is 3.50. The van der Waals surface area contributed by atoms with E-state index in [1.165, 1.54) is 6.07 Å². The quantitative estimate of drug-likeness (QED) is 0.125. The summed E-state index contributed by atoms with van der Waals surface area (Å²) in [6.07, 6.45) is -9.79. The summed E-state index contributed by atoms with van der Waals surface area (Å²) in [5.74, 6) is -11.0. The number of benzene rings is 4. The highest BCUT2D eigenvalue weighted by Crippen LogP contribution is 2.41. The Kier molecular flexibility index (Phi) is 13.4. The van der Waals surface area contributed by atoms with Crippen molar-refractivity contribution < 1.29 is 72.9 Å². The van der Waals surface area contributed by atoms with Gasteiger partial charge in [-0.15, -0.1) is 0 Å². The largest absolute Gasteiger partial charge is 0.504 e. The maximum Gasteiger partial charge on any atom is 0.491 e. The third kappa shape index (κ3) is 9.55. The lowest BCUT2D eigenvalue weighted by Crippen LogP contribution is -2.33. The van der Waals surface area contributed by atoms with Gasteiger partial charge in [-0.25, -0.2) is 26.3 Å². The van der Waals surface area contributed by atoms with E-state index in [4.69, 9.17) is 15.2 Å². The number of hydrogen-bond acceptors (Lipinski definition) is 4. The van der Waals surface area contributed by atoms with Crippen LogP contribution in [0.2, 0.25) is 0 Å². The topological polar surface area (TPSA) is 80.9 Å². The molecule has 0 saturated heterocycles. The molecule has 4 aromatic rings. The van der Waals surface area contributed by atoms with E-state index < -0.39 is 93.6 Å². The second-order valence-corrected chi connectivity index (χ2v) is 9.05. The molecular weight excluding hydrogens is 707 g/mol. The van der Waals surface area contributed by atoms with Gasteiger partial charge in [0.15, 0.2) is 46.4 Å². The van der Waals surface area contributed by atoms with Crippen LogP contribution in [-0.4, -0.2) is 27.4 Å². The Morgan fingerprint density at radius 1 is 0.533 bits per heavy atom. The first kappa shape index (κ1) is 39.1. The van der Waals surface area contributed by atoms with Crippen molar-refractivity contribution in [2.75, 3.05) is 0 Å². The summed E-state index contributed by atoms with van der Waals surface area (Å²) >= 11 is 2.69. The average molecular weight is 725 g/mol. The first-order chi connectivity index (χ1) is 20.2. The van der Waals surface area contributed by atoms with Gasteiger partial charge in [-0.1, -0.05) is 31.7 Å². The van der Waals surface area contributed by atoms with Gasteiger partial charge in [0.2, 0.25) is 0 Å². The van der Waals surface area contributed by atoms with Gasteiger partial charge in [-0.2, -0.15) is 26.3 Å². The van der Waals surface area contributed by atoms with Gasteiger partial charge in [0, 0.05) is 16.6 Å². The van der Waals surface area contributed by atoms with Crippen molar-refractivity contribution in [2.45, 2.75) is 19.8 Å². The van der Waals surface area contributed by atoms with Crippen molar-refractivity contribution in [1.29, 1.82) is 0 Å². The number of alkyl halides is 6. The van der Waals surface area contributed by atoms with Crippen molar-refractivity contribution in [3.63, 3.8) is 0 Å². The van der Waals surface area contributed by atoms with Crippen LogP contribution in [-0.2, 0) is 12.4 Å². The number of phenolic OH excluding ortho intramolecular Hbond substituents is 2. The Morgan fingerprint density at radius 3 is 1.44 bits per heavy atom. The summed E-state index contributed by atoms with van der Waals surface area (Å²) < 4.78 is 151. The molecule has 0 bridgehead atoms. The average Bonchev–Trinajstić information content (AvgIpc) is 2.91. The van der Waals surface area contributed by atoms with Crippen LogP contribution in [0.4, 0.5) is 52.7 Å². The summed E-state index contributed by atoms with van der Waals surface area (Å²) in [7, 11) is -1.97. The summed E-state index contributed by atoms with van der Waals surface area (Å²) in [6, 6.07) is 8.62. The third-order valence-electron chi connectivity index (χ3n) is 5.30. The van der Waals surface area contributed by atoms with E-state index in [1.807, 2.05) is 0 Å². The van der Waals surface area contributed by atoms with E-state index in [1.54, 1.807) is 0 Å². The molecule has 0 aliphatic carbocycles. The maximum atomic E-state index is 13.5. The lowest BCUT2D eigenvalue weighted by Gasteiger charge is -2.12. The molecule has 45 heavy (non-hydrogen) atoms. The maximum absolute atomic E-state index is 13.5. The van der Waals surface area contributed by atoms with Crippen LogP contribution in [0, 0.1) is 34.9 Å². The Hall–Kier alpha value is -3.90. The van der Waals surface area contributed by atoms with Gasteiger partial charge >= 0.3 is 19.5 Å². The van der Waals surface area contributed by atoms with Crippen LogP contribution >= 0.6 is 15.9 Å². The van der Waals surface area contributed by atoms with E-state index in [0.29, 0.717) is 18.2 Å². The van der Waals surface area contributed by atoms with Gasteiger partial charge in [-0.05, 0) is 52.3 Å². The molecule has 4 N–H and O–H groups in total. The minimum atomic E-state index is -5.00. The minimum absolute atomic E-state index is 0. The summed E-state index contributed by atoms with van der Waals surface area (Å²) in [5.41, 5.74) is -4.71. The van der Waals surface area contributed by atoms with E-state index in [0.717, 1.165) is 36.4 Å². The zero-order valence-corrected chi connectivity index (χ0v) is 22.6. The van der Waals surface area contributed by atoms with Crippen LogP contribution in [0.1, 0.15) is 18.6 Å². The Morgan fingerprint density at radius 2 is 0.978 bits per heavy atom. The normalized spacial score (nSPS) is 11.0. The van der Waals surface area contributed by atoms with Crippen LogP contribution in [0.15, 0.2) is 65.1 Å². The molecule has 0 heterocycles. The Labute approximate surface area is 255 Å². The predicted octanol–water partition coefficient (Wildman–Crippen LogP) is 8.09. The first-order valence-corrected chi connectivity index (χ1v) is 12.1. The Bertz CT molecular complexity index is 1630. The van der Waals surface area contributed by atoms with Crippen LogP contribution in [0.3, 0.4) is 0 Å². The van der Waals surface area contributed by atoms with Gasteiger partial charge in [0.05, 0.1) is 15.6 Å². The molecule has 18 heteroatoms. The lowest BCUT2D eigenvalue weighted by atomic mass is 9.80. The zero-order chi connectivity index (χ0) is 33.7. The highest BCUT2D eigenvalue weighted by atomic mass is 79.9. The molecule has 0 aliphatic rings. The molecule has 0 amide bonds. The highest BCUT2D eigenvalue weighted by Gasteiger charge is 2.37. The van der Waals surface area contributed by atoms with Crippen LogP contribution in [0.5, 0.6) is 11.5 Å². The van der Waals surface area contributed by atoms with Crippen molar-refractivity contribution >= 4 is 28.5 Å². The van der Waals surface area contributed by atoms with Gasteiger partial charge < -0.3 is 20.3 Å². The van der Waals surface area contributed by atoms with E-state index in [9.17, 15) is 57.8 Å². The molecular formula is C27H18BBrF12O4. The first-order valence-electron chi connectivity index (χ1n) is 11.3. The molecule has 0 atom stereocenters. The van der Waals surface area contributed by atoms with E-state index >= 15 is 0 Å². The lowest BCUT2D eigenvalue weighted by molar-refractivity contribution is -0.141. The SMILES string of the molecule is C.OB(O)c1cccc(F)c1F.Oc1c(-c2cccc(F)c2F)ccc(C(F)(F)F)c1F.Oc1c(Br)ccc(C(F)(F)F)c1F. The van der Waals surface area contributed by atoms with Crippen LogP contribution < -0.4 is 5.46 Å². The molecule has 0 fully saturated rings. The number of aromatic hydroxyl groups is 2. The van der Waals surface area contributed by atoms with Gasteiger partial charge in [-0.3, -0.25) is 0 Å². The van der Waals surface area contributed by atoms with E-state index in [2.05, 4.69) is 15.9 Å².